The molecule has 1 aromatic heterocycles. The van der Waals surface area contributed by atoms with Gasteiger partial charge in [-0.15, -0.1) is 22.6 Å². The van der Waals surface area contributed by atoms with Gasteiger partial charge in [0.1, 0.15) is 11.6 Å². The third kappa shape index (κ3) is 3.64. The van der Waals surface area contributed by atoms with E-state index in [9.17, 15) is 13.6 Å². The molecule has 156 valence electrons. The summed E-state index contributed by atoms with van der Waals surface area (Å²) < 4.78 is 29.7. The summed E-state index contributed by atoms with van der Waals surface area (Å²) in [7, 11) is 0. The van der Waals surface area contributed by atoms with Crippen molar-refractivity contribution in [3.63, 3.8) is 0 Å². The van der Waals surface area contributed by atoms with Gasteiger partial charge in [0.05, 0.1) is 6.54 Å². The molecule has 2 aromatic rings. The van der Waals surface area contributed by atoms with Crippen LogP contribution >= 0.6 is 12.4 Å². The molecule has 29 heavy (non-hydrogen) atoms. The zero-order valence-corrected chi connectivity index (χ0v) is 16.8. The summed E-state index contributed by atoms with van der Waals surface area (Å²) >= 11 is 0. The Kier molecular flexibility index (Phi) is 5.57. The van der Waals surface area contributed by atoms with Crippen LogP contribution in [-0.4, -0.2) is 45.2 Å². The maximum Gasteiger partial charge on any atom is 0.226 e. The predicted octanol–water partition coefficient (Wildman–Crippen LogP) is 2.59. The third-order valence-electron chi connectivity index (χ3n) is 6.31. The Bertz CT molecular complexity index is 912. The SMILES string of the molecule is Cl.O=C(C1CC1c1cccc(F)c1F)N1CCC(c2nnc3n2CCNC3)CC1. The lowest BCUT2D eigenvalue weighted by Gasteiger charge is -2.32. The average molecular weight is 424 g/mol. The molecule has 1 aromatic carbocycles. The largest absolute Gasteiger partial charge is 0.342 e. The summed E-state index contributed by atoms with van der Waals surface area (Å²) in [5.41, 5.74) is 0.330. The van der Waals surface area contributed by atoms with E-state index >= 15 is 0 Å². The lowest BCUT2D eigenvalue weighted by atomic mass is 9.95. The Balaban J connectivity index is 0.00000205. The van der Waals surface area contributed by atoms with E-state index in [1.165, 1.54) is 6.07 Å². The number of piperidine rings is 1. The second-order valence-corrected chi connectivity index (χ2v) is 7.99. The summed E-state index contributed by atoms with van der Waals surface area (Å²) in [6, 6.07) is 4.21. The smallest absolute Gasteiger partial charge is 0.226 e. The molecule has 1 N–H and O–H groups in total. The van der Waals surface area contributed by atoms with Crippen molar-refractivity contribution in [2.75, 3.05) is 19.6 Å². The number of carbonyl (C=O) groups excluding carboxylic acids is 1. The molecule has 3 heterocycles. The third-order valence-corrected chi connectivity index (χ3v) is 6.31. The monoisotopic (exact) mass is 423 g/mol. The number of nitrogens with one attached hydrogen (secondary N) is 1. The van der Waals surface area contributed by atoms with Crippen LogP contribution in [0.3, 0.4) is 0 Å². The van der Waals surface area contributed by atoms with E-state index in [4.69, 9.17) is 0 Å². The first-order chi connectivity index (χ1) is 13.6. The van der Waals surface area contributed by atoms with Crippen molar-refractivity contribution in [2.24, 2.45) is 5.92 Å². The number of benzene rings is 1. The van der Waals surface area contributed by atoms with E-state index in [1.807, 2.05) is 4.90 Å². The summed E-state index contributed by atoms with van der Waals surface area (Å²) in [4.78, 5) is 14.7. The maximum absolute atomic E-state index is 14.0. The molecule has 0 radical (unpaired) electrons. The first-order valence-electron chi connectivity index (χ1n) is 9.99. The van der Waals surface area contributed by atoms with Crippen LogP contribution < -0.4 is 5.32 Å². The van der Waals surface area contributed by atoms with Crippen LogP contribution in [0.25, 0.3) is 0 Å². The second kappa shape index (κ2) is 7.99. The molecule has 1 aliphatic carbocycles. The van der Waals surface area contributed by atoms with Gasteiger partial charge in [0.25, 0.3) is 0 Å². The highest BCUT2D eigenvalue weighted by atomic mass is 35.5. The summed E-state index contributed by atoms with van der Waals surface area (Å²) in [6.07, 6.45) is 2.33. The fourth-order valence-electron chi connectivity index (χ4n) is 4.63. The molecule has 1 saturated carbocycles. The molecule has 2 unspecified atom stereocenters. The normalized spacial score (nSPS) is 24.0. The van der Waals surface area contributed by atoms with Crippen LogP contribution in [0.1, 0.15) is 48.3 Å². The van der Waals surface area contributed by atoms with Gasteiger partial charge in [-0.2, -0.15) is 0 Å². The molecule has 3 aliphatic rings. The average Bonchev–Trinajstić information content (AvgIpc) is 3.40. The number of halogens is 3. The highest BCUT2D eigenvalue weighted by molar-refractivity contribution is 5.85. The topological polar surface area (TPSA) is 63.1 Å². The molecular weight excluding hydrogens is 400 g/mol. The number of carbonyl (C=O) groups is 1. The molecular formula is C20H24ClF2N5O. The zero-order valence-electron chi connectivity index (χ0n) is 16.0. The summed E-state index contributed by atoms with van der Waals surface area (Å²) in [6.45, 7) is 3.93. The van der Waals surface area contributed by atoms with Gasteiger partial charge in [0.15, 0.2) is 11.6 Å². The molecule has 0 spiro atoms. The highest BCUT2D eigenvalue weighted by Gasteiger charge is 2.47. The van der Waals surface area contributed by atoms with Gasteiger partial charge in [-0.1, -0.05) is 12.1 Å². The van der Waals surface area contributed by atoms with Crippen LogP contribution in [0.15, 0.2) is 18.2 Å². The van der Waals surface area contributed by atoms with E-state index in [2.05, 4.69) is 20.1 Å². The Morgan fingerprint density at radius 2 is 1.93 bits per heavy atom. The summed E-state index contributed by atoms with van der Waals surface area (Å²) in [5.74, 6) is 0.332. The lowest BCUT2D eigenvalue weighted by Crippen LogP contribution is -2.40. The molecule has 1 amide bonds. The van der Waals surface area contributed by atoms with Crippen LogP contribution in [0.2, 0.25) is 0 Å². The standard InChI is InChI=1S/C20H23F2N5O.ClH/c21-16-3-1-2-13(18(16)22)14-10-15(14)20(28)26-7-4-12(5-8-26)19-25-24-17-11-23-6-9-27(17)19;/h1-3,12,14-15,23H,4-11H2;1H. The van der Waals surface area contributed by atoms with E-state index in [1.54, 1.807) is 6.07 Å². The van der Waals surface area contributed by atoms with Crippen molar-refractivity contribution in [1.29, 1.82) is 0 Å². The van der Waals surface area contributed by atoms with Gasteiger partial charge in [-0.05, 0) is 36.8 Å². The van der Waals surface area contributed by atoms with Crippen LogP contribution in [-0.2, 0) is 17.9 Å². The van der Waals surface area contributed by atoms with Crippen molar-refractivity contribution in [1.82, 2.24) is 25.0 Å². The summed E-state index contributed by atoms with van der Waals surface area (Å²) in [5, 5.41) is 12.0. The molecule has 5 rings (SSSR count). The molecule has 9 heteroatoms. The predicted molar refractivity (Wildman–Crippen MR) is 105 cm³/mol. The van der Waals surface area contributed by atoms with Crippen molar-refractivity contribution in [3.8, 4) is 0 Å². The quantitative estimate of drug-likeness (QED) is 0.824. The van der Waals surface area contributed by atoms with Crippen molar-refractivity contribution >= 4 is 18.3 Å². The van der Waals surface area contributed by atoms with Gasteiger partial charge in [-0.3, -0.25) is 4.79 Å². The van der Waals surface area contributed by atoms with E-state index < -0.39 is 11.6 Å². The lowest BCUT2D eigenvalue weighted by molar-refractivity contribution is -0.133. The van der Waals surface area contributed by atoms with Crippen molar-refractivity contribution in [2.45, 2.75) is 44.2 Å². The van der Waals surface area contributed by atoms with Crippen LogP contribution in [0, 0.1) is 17.6 Å². The minimum atomic E-state index is -0.844. The number of hydrogen-bond donors (Lipinski definition) is 1. The minimum absolute atomic E-state index is 0. The minimum Gasteiger partial charge on any atom is -0.342 e. The Morgan fingerprint density at radius 3 is 2.72 bits per heavy atom. The molecule has 6 nitrogen and oxygen atoms in total. The first kappa shape index (κ1) is 20.2. The van der Waals surface area contributed by atoms with Crippen molar-refractivity contribution in [3.05, 3.63) is 47.0 Å². The van der Waals surface area contributed by atoms with Crippen LogP contribution in [0.5, 0.6) is 0 Å². The second-order valence-electron chi connectivity index (χ2n) is 7.99. The Hall–Kier alpha value is -2.06. The van der Waals surface area contributed by atoms with E-state index in [0.29, 0.717) is 31.0 Å². The highest BCUT2D eigenvalue weighted by Crippen LogP contribution is 2.49. The molecule has 2 aliphatic heterocycles. The maximum atomic E-state index is 14.0. The van der Waals surface area contributed by atoms with Crippen molar-refractivity contribution < 1.29 is 13.6 Å². The van der Waals surface area contributed by atoms with E-state index in [0.717, 1.165) is 50.2 Å². The fourth-order valence-corrected chi connectivity index (χ4v) is 4.63. The Morgan fingerprint density at radius 1 is 1.14 bits per heavy atom. The molecule has 2 atom stereocenters. The number of fused-ring (bicyclic) bond motifs is 1. The fraction of sp³-hybridized carbons (Fsp3) is 0.550. The molecule has 2 fully saturated rings. The number of aromatic nitrogens is 3. The van der Waals surface area contributed by atoms with Gasteiger partial charge in [0, 0.05) is 38.0 Å². The first-order valence-corrected chi connectivity index (χ1v) is 9.99. The van der Waals surface area contributed by atoms with Crippen LogP contribution in [0.4, 0.5) is 8.78 Å². The number of rotatable bonds is 3. The number of nitrogens with zero attached hydrogens (tertiary/aromatic N) is 4. The molecule has 0 bridgehead atoms. The van der Waals surface area contributed by atoms with E-state index in [-0.39, 0.29) is 30.2 Å². The zero-order chi connectivity index (χ0) is 19.3. The number of likely N-dealkylation sites (tertiary alicyclic amines) is 1. The van der Waals surface area contributed by atoms with Gasteiger partial charge < -0.3 is 14.8 Å². The number of amides is 1. The van der Waals surface area contributed by atoms with Gasteiger partial charge in [-0.25, -0.2) is 8.78 Å². The molecule has 1 saturated heterocycles. The van der Waals surface area contributed by atoms with Gasteiger partial charge in [0.2, 0.25) is 5.91 Å². The Labute approximate surface area is 174 Å². The number of hydrogen-bond acceptors (Lipinski definition) is 4. The van der Waals surface area contributed by atoms with Gasteiger partial charge >= 0.3 is 0 Å².